The fourth-order valence-electron chi connectivity index (χ4n) is 4.07. The van der Waals surface area contributed by atoms with Crippen LogP contribution >= 0.6 is 27.5 Å². The molecule has 0 saturated heterocycles. The molecule has 0 saturated carbocycles. The van der Waals surface area contributed by atoms with E-state index in [9.17, 15) is 9.59 Å². The van der Waals surface area contributed by atoms with E-state index in [1.165, 1.54) is 13.3 Å². The Morgan fingerprint density at radius 2 is 1.72 bits per heavy atom. The lowest BCUT2D eigenvalue weighted by Gasteiger charge is -2.10. The predicted octanol–water partition coefficient (Wildman–Crippen LogP) is 7.24. The van der Waals surface area contributed by atoms with Gasteiger partial charge in [-0.1, -0.05) is 54.1 Å². The van der Waals surface area contributed by atoms with E-state index in [1.54, 1.807) is 42.5 Å². The number of halogens is 2. The summed E-state index contributed by atoms with van der Waals surface area (Å²) in [4.78, 5) is 28.9. The van der Waals surface area contributed by atoms with Gasteiger partial charge in [0.2, 0.25) is 0 Å². The maximum absolute atomic E-state index is 13.2. The molecule has 0 unspecified atom stereocenters. The molecule has 194 valence electrons. The minimum absolute atomic E-state index is 0.245. The molecule has 1 heterocycles. The summed E-state index contributed by atoms with van der Waals surface area (Å²) < 4.78 is 11.7. The van der Waals surface area contributed by atoms with Gasteiger partial charge in [-0.05, 0) is 75.6 Å². The lowest BCUT2D eigenvalue weighted by atomic mass is 10.0. The van der Waals surface area contributed by atoms with Crippen molar-refractivity contribution in [1.82, 2.24) is 10.4 Å². The summed E-state index contributed by atoms with van der Waals surface area (Å²) in [6.07, 6.45) is 1.48. The van der Waals surface area contributed by atoms with Crippen molar-refractivity contribution in [3.8, 4) is 22.6 Å². The number of aromatic nitrogens is 1. The largest absolute Gasteiger partial charge is 0.493 e. The minimum Gasteiger partial charge on any atom is -0.493 e. The van der Waals surface area contributed by atoms with Crippen molar-refractivity contribution in [3.05, 3.63) is 117 Å². The standard InChI is InChI=1S/C30H21BrClN3O4/c1-38-25-16-18(10-15-24(25)39-30(37)20-11-13-21(32)14-12-20)17-33-35-29(36)28-26(19-6-3-2-4-7-19)22-8-5-9-23(31)27(22)34-28/h2-17,34H,1H3,(H,35,36). The van der Waals surface area contributed by atoms with Gasteiger partial charge in [-0.25, -0.2) is 10.2 Å². The molecule has 5 rings (SSSR count). The summed E-state index contributed by atoms with van der Waals surface area (Å²) in [5.74, 6) is -0.360. The Hall–Kier alpha value is -4.40. The van der Waals surface area contributed by atoms with Crippen LogP contribution in [0.4, 0.5) is 0 Å². The Labute approximate surface area is 237 Å². The molecule has 0 spiro atoms. The number of para-hydroxylation sites is 1. The van der Waals surface area contributed by atoms with Gasteiger partial charge in [0, 0.05) is 20.4 Å². The van der Waals surface area contributed by atoms with E-state index in [-0.39, 0.29) is 5.75 Å². The van der Waals surface area contributed by atoms with Crippen LogP contribution in [0.1, 0.15) is 26.4 Å². The number of carbonyl (C=O) groups is 2. The quantitative estimate of drug-likeness (QED) is 0.0889. The summed E-state index contributed by atoms with van der Waals surface area (Å²) in [5.41, 5.74) is 6.48. The maximum Gasteiger partial charge on any atom is 0.343 e. The zero-order valence-electron chi connectivity index (χ0n) is 20.6. The number of rotatable bonds is 7. The number of methoxy groups -OCH3 is 1. The minimum atomic E-state index is -0.544. The van der Waals surface area contributed by atoms with E-state index in [4.69, 9.17) is 21.1 Å². The highest BCUT2D eigenvalue weighted by molar-refractivity contribution is 9.10. The number of amides is 1. The number of hydrazone groups is 1. The summed E-state index contributed by atoms with van der Waals surface area (Å²) in [5, 5.41) is 5.57. The van der Waals surface area contributed by atoms with E-state index >= 15 is 0 Å². The Bertz CT molecular complexity index is 1700. The molecule has 0 aliphatic rings. The third-order valence-electron chi connectivity index (χ3n) is 5.92. The number of ether oxygens (including phenoxy) is 2. The summed E-state index contributed by atoms with van der Waals surface area (Å²) in [6.45, 7) is 0. The average molecular weight is 603 g/mol. The third-order valence-corrected chi connectivity index (χ3v) is 6.84. The molecule has 1 aromatic heterocycles. The van der Waals surface area contributed by atoms with E-state index in [1.807, 2.05) is 48.5 Å². The Morgan fingerprint density at radius 3 is 2.46 bits per heavy atom. The number of nitrogens with one attached hydrogen (secondary N) is 2. The highest BCUT2D eigenvalue weighted by atomic mass is 79.9. The number of nitrogens with zero attached hydrogens (tertiary/aromatic N) is 1. The predicted molar refractivity (Wildman–Crippen MR) is 156 cm³/mol. The Kier molecular flexibility index (Phi) is 7.76. The van der Waals surface area contributed by atoms with Crippen LogP contribution in [0.2, 0.25) is 5.02 Å². The van der Waals surface area contributed by atoms with Crippen LogP contribution in [0.25, 0.3) is 22.0 Å². The van der Waals surface area contributed by atoms with Crippen molar-refractivity contribution in [1.29, 1.82) is 0 Å². The monoisotopic (exact) mass is 601 g/mol. The zero-order valence-corrected chi connectivity index (χ0v) is 22.9. The molecular weight excluding hydrogens is 582 g/mol. The van der Waals surface area contributed by atoms with Crippen molar-refractivity contribution in [3.63, 3.8) is 0 Å². The van der Waals surface area contributed by atoms with Crippen molar-refractivity contribution in [2.45, 2.75) is 0 Å². The lowest BCUT2D eigenvalue weighted by molar-refractivity contribution is 0.0729. The molecule has 0 aliphatic heterocycles. The van der Waals surface area contributed by atoms with Crippen molar-refractivity contribution in [2.75, 3.05) is 7.11 Å². The van der Waals surface area contributed by atoms with Crippen LogP contribution in [0, 0.1) is 0 Å². The average Bonchev–Trinajstić information content (AvgIpc) is 3.35. The van der Waals surface area contributed by atoms with Crippen LogP contribution in [-0.4, -0.2) is 30.2 Å². The van der Waals surface area contributed by atoms with E-state index in [0.29, 0.717) is 27.6 Å². The molecule has 0 aliphatic carbocycles. The fraction of sp³-hybridized carbons (Fsp3) is 0.0333. The first-order valence-corrected chi connectivity index (χ1v) is 13.0. The Balaban J connectivity index is 1.35. The smallest absolute Gasteiger partial charge is 0.343 e. The lowest BCUT2D eigenvalue weighted by Crippen LogP contribution is -2.18. The molecule has 0 bridgehead atoms. The first kappa shape index (κ1) is 26.2. The first-order valence-electron chi connectivity index (χ1n) is 11.8. The van der Waals surface area contributed by atoms with Gasteiger partial charge in [0.05, 0.1) is 24.4 Å². The second kappa shape index (κ2) is 11.6. The highest BCUT2D eigenvalue weighted by Gasteiger charge is 2.20. The number of fused-ring (bicyclic) bond motifs is 1. The van der Waals surface area contributed by atoms with Gasteiger partial charge in [-0.15, -0.1) is 0 Å². The molecule has 39 heavy (non-hydrogen) atoms. The number of hydrogen-bond acceptors (Lipinski definition) is 5. The molecule has 7 nitrogen and oxygen atoms in total. The second-order valence-electron chi connectivity index (χ2n) is 8.41. The number of hydrogen-bond donors (Lipinski definition) is 2. The van der Waals surface area contributed by atoms with Gasteiger partial charge >= 0.3 is 5.97 Å². The van der Waals surface area contributed by atoms with Crippen molar-refractivity contribution < 1.29 is 19.1 Å². The highest BCUT2D eigenvalue weighted by Crippen LogP contribution is 2.35. The molecular formula is C30H21BrClN3O4. The fourth-order valence-corrected chi connectivity index (χ4v) is 4.66. The van der Waals surface area contributed by atoms with Gasteiger partial charge in [0.15, 0.2) is 11.5 Å². The van der Waals surface area contributed by atoms with Crippen molar-refractivity contribution in [2.24, 2.45) is 5.10 Å². The van der Waals surface area contributed by atoms with Crippen molar-refractivity contribution >= 4 is 56.5 Å². The van der Waals surface area contributed by atoms with Crippen LogP contribution in [0.5, 0.6) is 11.5 Å². The van der Waals surface area contributed by atoms with Gasteiger partial charge in [-0.2, -0.15) is 5.10 Å². The number of benzene rings is 4. The topological polar surface area (TPSA) is 92.8 Å². The molecule has 0 atom stereocenters. The van der Waals surface area contributed by atoms with Gasteiger partial charge < -0.3 is 14.5 Å². The summed E-state index contributed by atoms with van der Waals surface area (Å²) >= 11 is 9.44. The second-order valence-corrected chi connectivity index (χ2v) is 9.70. The maximum atomic E-state index is 13.2. The Morgan fingerprint density at radius 1 is 0.949 bits per heavy atom. The summed E-state index contributed by atoms with van der Waals surface area (Å²) in [7, 11) is 1.47. The molecule has 0 fully saturated rings. The molecule has 0 radical (unpaired) electrons. The van der Waals surface area contributed by atoms with E-state index < -0.39 is 11.9 Å². The number of aromatic amines is 1. The van der Waals surface area contributed by atoms with Gasteiger partial charge in [0.1, 0.15) is 5.69 Å². The number of carbonyl (C=O) groups excluding carboxylic acids is 2. The van der Waals surface area contributed by atoms with Crippen LogP contribution in [0.3, 0.4) is 0 Å². The zero-order chi connectivity index (χ0) is 27.4. The van der Waals surface area contributed by atoms with Crippen LogP contribution in [0.15, 0.2) is 101 Å². The number of esters is 1. The van der Waals surface area contributed by atoms with Crippen LogP contribution < -0.4 is 14.9 Å². The molecule has 4 aromatic carbocycles. The van der Waals surface area contributed by atoms with Gasteiger partial charge in [0.25, 0.3) is 5.91 Å². The molecule has 5 aromatic rings. The van der Waals surface area contributed by atoms with E-state index in [0.717, 1.165) is 26.5 Å². The SMILES string of the molecule is COc1cc(C=NNC(=O)c2[nH]c3c(Br)cccc3c2-c2ccccc2)ccc1OC(=O)c1ccc(Cl)cc1. The first-order chi connectivity index (χ1) is 18.9. The number of H-pyrrole nitrogens is 1. The normalized spacial score (nSPS) is 11.1. The molecule has 2 N–H and O–H groups in total. The van der Waals surface area contributed by atoms with Crippen LogP contribution in [-0.2, 0) is 0 Å². The molecule has 1 amide bonds. The summed E-state index contributed by atoms with van der Waals surface area (Å²) in [6, 6.07) is 26.8. The third kappa shape index (κ3) is 5.72. The van der Waals surface area contributed by atoms with Gasteiger partial charge in [-0.3, -0.25) is 4.79 Å². The van der Waals surface area contributed by atoms with E-state index in [2.05, 4.69) is 31.4 Å². The molecule has 9 heteroatoms.